The van der Waals surface area contributed by atoms with Crippen molar-refractivity contribution >= 4 is 50.2 Å². The third-order valence-corrected chi connectivity index (χ3v) is 9.15. The third-order valence-electron chi connectivity index (χ3n) is 8.27. The molecule has 9 nitrogen and oxygen atoms in total. The van der Waals surface area contributed by atoms with Crippen LogP contribution in [0.4, 0.5) is 0 Å². The van der Waals surface area contributed by atoms with Crippen LogP contribution in [-0.4, -0.2) is 71.8 Å². The first-order valence-electron chi connectivity index (χ1n) is 14.4. The maximum Gasteiger partial charge on any atom is 0.289 e. The number of ether oxygens (including phenoxy) is 1. The van der Waals surface area contributed by atoms with Gasteiger partial charge >= 0.3 is 0 Å². The van der Waals surface area contributed by atoms with Crippen LogP contribution in [0.5, 0.6) is 5.75 Å². The average Bonchev–Trinajstić information content (AvgIpc) is 3.79. The van der Waals surface area contributed by atoms with Crippen LogP contribution in [0.2, 0.25) is 0 Å². The Morgan fingerprint density at radius 2 is 1.77 bits per heavy atom. The van der Waals surface area contributed by atoms with Gasteiger partial charge in [-0.2, -0.15) is 0 Å². The Morgan fingerprint density at radius 1 is 0.907 bits per heavy atom. The van der Waals surface area contributed by atoms with Crippen molar-refractivity contribution in [3.8, 4) is 5.75 Å². The van der Waals surface area contributed by atoms with Crippen molar-refractivity contribution in [2.24, 2.45) is 5.92 Å². The number of nitrogens with zero attached hydrogens (tertiary/aromatic N) is 3. The van der Waals surface area contributed by atoms with E-state index in [9.17, 15) is 14.4 Å². The molecule has 3 amide bonds. The lowest BCUT2D eigenvalue weighted by atomic mass is 9.88. The molecule has 1 fully saturated rings. The second-order valence-electron chi connectivity index (χ2n) is 10.9. The van der Waals surface area contributed by atoms with Gasteiger partial charge in [0, 0.05) is 37.5 Å². The summed E-state index contributed by atoms with van der Waals surface area (Å²) in [6.45, 7) is 2.24. The fraction of sp³-hybridized carbons (Fsp3) is 0.273. The largest absolute Gasteiger partial charge is 0.492 e. The SMILES string of the molecule is O=C1NCCCN(C(=O)c2cc3ccccc3o2)CCOc2cccc(c2)[C@H]2CN(C(=O)c3cccc4ncsc34)C[C@H]12. The van der Waals surface area contributed by atoms with E-state index in [0.717, 1.165) is 21.2 Å². The number of furan rings is 1. The van der Waals surface area contributed by atoms with Gasteiger partial charge in [0.1, 0.15) is 17.9 Å². The summed E-state index contributed by atoms with van der Waals surface area (Å²) in [6.07, 6.45) is 0.566. The summed E-state index contributed by atoms with van der Waals surface area (Å²) in [6, 6.07) is 22.6. The molecule has 0 aliphatic carbocycles. The van der Waals surface area contributed by atoms with Gasteiger partial charge in [-0.3, -0.25) is 14.4 Å². The van der Waals surface area contributed by atoms with E-state index in [2.05, 4.69) is 10.3 Å². The van der Waals surface area contributed by atoms with Gasteiger partial charge < -0.3 is 24.3 Å². The molecule has 0 spiro atoms. The summed E-state index contributed by atoms with van der Waals surface area (Å²) in [4.78, 5) is 48.6. The molecule has 2 atom stereocenters. The number of benzene rings is 3. The standard InChI is InChI=1S/C33H30N4O5S/c38-31-26-19-37(32(39)24-9-4-10-27-30(24)43-20-35-27)18-25(26)21-7-3-8-23(16-21)41-15-14-36(13-5-12-34-31)33(40)29-17-22-6-1-2-11-28(22)42-29/h1-4,6-11,16-17,20,25-26H,5,12-15,18-19H2,(H,34,38)/t25-,26+/m1/s1. The number of para-hydroxylation sites is 1. The molecule has 1 saturated heterocycles. The normalized spacial score (nSPS) is 19.5. The Bertz CT molecular complexity index is 1800. The van der Waals surface area contributed by atoms with Gasteiger partial charge in [-0.1, -0.05) is 36.4 Å². The van der Waals surface area contributed by atoms with Crippen LogP contribution in [0.25, 0.3) is 21.2 Å². The molecule has 2 aliphatic rings. The molecule has 2 aliphatic heterocycles. The Hall–Kier alpha value is -4.70. The average molecular weight is 595 g/mol. The van der Waals surface area contributed by atoms with Gasteiger partial charge in [0.25, 0.3) is 11.8 Å². The molecule has 10 heteroatoms. The van der Waals surface area contributed by atoms with E-state index in [1.54, 1.807) is 21.4 Å². The van der Waals surface area contributed by atoms with Crippen LogP contribution < -0.4 is 10.1 Å². The van der Waals surface area contributed by atoms with Crippen LogP contribution in [0.15, 0.2) is 82.7 Å². The molecule has 1 N–H and O–H groups in total. The predicted molar refractivity (Wildman–Crippen MR) is 163 cm³/mol. The molecule has 4 heterocycles. The number of nitrogens with one attached hydrogen (secondary N) is 1. The zero-order valence-corrected chi connectivity index (χ0v) is 24.2. The molecule has 2 aromatic heterocycles. The number of aromatic nitrogens is 1. The second kappa shape index (κ2) is 11.5. The van der Waals surface area contributed by atoms with Gasteiger partial charge in [-0.05, 0) is 48.4 Å². The molecule has 3 aromatic carbocycles. The van der Waals surface area contributed by atoms with E-state index in [-0.39, 0.29) is 29.4 Å². The molecule has 43 heavy (non-hydrogen) atoms. The van der Waals surface area contributed by atoms with Crippen molar-refractivity contribution in [1.29, 1.82) is 0 Å². The maximum absolute atomic E-state index is 13.7. The highest BCUT2D eigenvalue weighted by Crippen LogP contribution is 2.36. The van der Waals surface area contributed by atoms with Crippen molar-refractivity contribution in [2.75, 3.05) is 39.3 Å². The fourth-order valence-corrected chi connectivity index (χ4v) is 6.87. The van der Waals surface area contributed by atoms with E-state index in [0.29, 0.717) is 62.6 Å². The minimum atomic E-state index is -0.420. The van der Waals surface area contributed by atoms with E-state index in [1.807, 2.05) is 66.7 Å². The highest BCUT2D eigenvalue weighted by Gasteiger charge is 2.41. The van der Waals surface area contributed by atoms with Crippen LogP contribution in [0.3, 0.4) is 0 Å². The summed E-state index contributed by atoms with van der Waals surface area (Å²) in [5, 5.41) is 3.95. The molecular formula is C33H30N4O5S. The summed E-state index contributed by atoms with van der Waals surface area (Å²) < 4.78 is 12.8. The molecule has 218 valence electrons. The quantitative estimate of drug-likeness (QED) is 0.311. The number of carbonyl (C=O) groups is 3. The zero-order chi connectivity index (χ0) is 29.3. The number of amides is 3. The first kappa shape index (κ1) is 27.2. The van der Waals surface area contributed by atoms with E-state index < -0.39 is 5.92 Å². The molecule has 7 rings (SSSR count). The number of hydrogen-bond acceptors (Lipinski definition) is 7. The predicted octanol–water partition coefficient (Wildman–Crippen LogP) is 4.94. The Morgan fingerprint density at radius 3 is 2.67 bits per heavy atom. The first-order chi connectivity index (χ1) is 21.0. The van der Waals surface area contributed by atoms with E-state index in [4.69, 9.17) is 9.15 Å². The number of rotatable bonds is 2. The van der Waals surface area contributed by atoms with Crippen molar-refractivity contribution in [1.82, 2.24) is 20.1 Å². The highest BCUT2D eigenvalue weighted by atomic mass is 32.1. The second-order valence-corrected chi connectivity index (χ2v) is 11.8. The van der Waals surface area contributed by atoms with Gasteiger partial charge in [0.15, 0.2) is 5.76 Å². The van der Waals surface area contributed by atoms with Gasteiger partial charge in [-0.15, -0.1) is 11.3 Å². The lowest BCUT2D eigenvalue weighted by Gasteiger charge is -2.24. The number of carbonyl (C=O) groups excluding carboxylic acids is 3. The van der Waals surface area contributed by atoms with Gasteiger partial charge in [-0.25, -0.2) is 4.98 Å². The molecular weight excluding hydrogens is 564 g/mol. The first-order valence-corrected chi connectivity index (χ1v) is 15.3. The fourth-order valence-electron chi connectivity index (χ4n) is 6.08. The Labute approximate surface area is 252 Å². The smallest absolute Gasteiger partial charge is 0.289 e. The highest BCUT2D eigenvalue weighted by molar-refractivity contribution is 7.17. The van der Waals surface area contributed by atoms with Crippen LogP contribution >= 0.6 is 11.3 Å². The number of thiazole rings is 1. The molecule has 5 aromatic rings. The maximum atomic E-state index is 13.7. The summed E-state index contributed by atoms with van der Waals surface area (Å²) in [5.74, 6) is -0.0775. The molecule has 0 radical (unpaired) electrons. The summed E-state index contributed by atoms with van der Waals surface area (Å²) in [7, 11) is 0. The van der Waals surface area contributed by atoms with Gasteiger partial charge in [0.05, 0.1) is 33.8 Å². The number of fused-ring (bicyclic) bond motifs is 6. The lowest BCUT2D eigenvalue weighted by molar-refractivity contribution is -0.124. The summed E-state index contributed by atoms with van der Waals surface area (Å²) in [5.41, 5.74) is 4.75. The van der Waals surface area contributed by atoms with Crippen LogP contribution in [0, 0.1) is 5.92 Å². The van der Waals surface area contributed by atoms with Crippen molar-refractivity contribution < 1.29 is 23.5 Å². The van der Waals surface area contributed by atoms with Crippen LogP contribution in [-0.2, 0) is 4.79 Å². The zero-order valence-electron chi connectivity index (χ0n) is 23.4. The minimum Gasteiger partial charge on any atom is -0.492 e. The van der Waals surface area contributed by atoms with E-state index in [1.165, 1.54) is 11.3 Å². The van der Waals surface area contributed by atoms with Gasteiger partial charge in [0.2, 0.25) is 5.91 Å². The summed E-state index contributed by atoms with van der Waals surface area (Å²) >= 11 is 1.45. The Balaban J connectivity index is 1.12. The third kappa shape index (κ3) is 5.34. The monoisotopic (exact) mass is 594 g/mol. The van der Waals surface area contributed by atoms with E-state index >= 15 is 0 Å². The number of likely N-dealkylation sites (tertiary alicyclic amines) is 1. The molecule has 2 bridgehead atoms. The topological polar surface area (TPSA) is 105 Å². The molecule has 0 saturated carbocycles. The molecule has 0 unspecified atom stereocenters. The van der Waals surface area contributed by atoms with Crippen molar-refractivity contribution in [2.45, 2.75) is 12.3 Å². The van der Waals surface area contributed by atoms with Crippen LogP contribution in [0.1, 0.15) is 38.8 Å². The van der Waals surface area contributed by atoms with Crippen molar-refractivity contribution in [3.63, 3.8) is 0 Å². The Kier molecular flexibility index (Phi) is 7.28. The number of hydrogen-bond donors (Lipinski definition) is 1. The minimum absolute atomic E-state index is 0.0970. The lowest BCUT2D eigenvalue weighted by Crippen LogP contribution is -2.39. The van der Waals surface area contributed by atoms with Crippen molar-refractivity contribution in [3.05, 3.63) is 95.2 Å².